The summed E-state index contributed by atoms with van der Waals surface area (Å²) in [6.07, 6.45) is 7.28. The number of carbonyl (C=O) groups is 2. The van der Waals surface area contributed by atoms with Crippen LogP contribution < -0.4 is 0 Å². The van der Waals surface area contributed by atoms with Gasteiger partial charge in [0.2, 0.25) is 0 Å². The molecule has 2 aliphatic rings. The molecule has 0 saturated heterocycles. The molecule has 0 aromatic heterocycles. The van der Waals surface area contributed by atoms with Crippen LogP contribution in [-0.4, -0.2) is 18.9 Å². The second-order valence-electron chi connectivity index (χ2n) is 5.33. The molecule has 2 saturated carbocycles. The first-order valence-electron chi connectivity index (χ1n) is 6.31. The SMILES string of the molecule is CCOC(=O)C1CCC2(CC1)CC(C=O)C2. The molecule has 0 radical (unpaired) electrons. The van der Waals surface area contributed by atoms with E-state index in [0.717, 1.165) is 44.8 Å². The van der Waals surface area contributed by atoms with Crippen molar-refractivity contribution in [3.63, 3.8) is 0 Å². The third-order valence-corrected chi connectivity index (χ3v) is 4.25. The fourth-order valence-electron chi connectivity index (χ4n) is 3.28. The zero-order valence-corrected chi connectivity index (χ0v) is 9.91. The number of rotatable bonds is 3. The van der Waals surface area contributed by atoms with Crippen LogP contribution in [0.25, 0.3) is 0 Å². The van der Waals surface area contributed by atoms with Crippen LogP contribution in [-0.2, 0) is 14.3 Å². The van der Waals surface area contributed by atoms with E-state index in [2.05, 4.69) is 0 Å². The van der Waals surface area contributed by atoms with Crippen LogP contribution in [0.1, 0.15) is 45.4 Å². The third kappa shape index (κ3) is 2.13. The van der Waals surface area contributed by atoms with Gasteiger partial charge in [-0.2, -0.15) is 0 Å². The average molecular weight is 224 g/mol. The molecule has 3 heteroatoms. The standard InChI is InChI=1S/C13H20O3/c1-2-16-12(15)11-3-5-13(6-4-11)7-10(8-13)9-14/h9-11H,2-8H2,1H3. The summed E-state index contributed by atoms with van der Waals surface area (Å²) >= 11 is 0. The van der Waals surface area contributed by atoms with Crippen molar-refractivity contribution in [2.45, 2.75) is 45.4 Å². The highest BCUT2D eigenvalue weighted by Crippen LogP contribution is 2.55. The molecule has 1 spiro atoms. The Morgan fingerprint density at radius 2 is 2.00 bits per heavy atom. The highest BCUT2D eigenvalue weighted by molar-refractivity contribution is 5.72. The minimum absolute atomic E-state index is 0.0244. The largest absolute Gasteiger partial charge is 0.466 e. The van der Waals surface area contributed by atoms with Crippen LogP contribution in [0, 0.1) is 17.3 Å². The summed E-state index contributed by atoms with van der Waals surface area (Å²) in [5.74, 6) is 0.378. The van der Waals surface area contributed by atoms with E-state index in [9.17, 15) is 9.59 Å². The summed E-state index contributed by atoms with van der Waals surface area (Å²) in [5, 5.41) is 0. The normalized spacial score (nSPS) is 37.8. The van der Waals surface area contributed by atoms with Crippen LogP contribution in [0.2, 0.25) is 0 Å². The second kappa shape index (κ2) is 4.56. The number of aldehydes is 1. The minimum Gasteiger partial charge on any atom is -0.466 e. The molecule has 2 fully saturated rings. The Bertz CT molecular complexity index is 269. The first kappa shape index (κ1) is 11.6. The molecule has 0 heterocycles. The lowest BCUT2D eigenvalue weighted by atomic mass is 9.55. The van der Waals surface area contributed by atoms with Gasteiger partial charge in [-0.1, -0.05) is 0 Å². The molecule has 0 amide bonds. The number of esters is 1. The zero-order valence-electron chi connectivity index (χ0n) is 9.91. The first-order chi connectivity index (χ1) is 7.69. The first-order valence-corrected chi connectivity index (χ1v) is 6.31. The van der Waals surface area contributed by atoms with E-state index in [1.165, 1.54) is 0 Å². The molecule has 0 atom stereocenters. The van der Waals surface area contributed by atoms with Crippen LogP contribution >= 0.6 is 0 Å². The highest BCUT2D eigenvalue weighted by atomic mass is 16.5. The predicted octanol–water partition coefficient (Wildman–Crippen LogP) is 2.33. The highest BCUT2D eigenvalue weighted by Gasteiger charge is 2.46. The van der Waals surface area contributed by atoms with E-state index in [1.54, 1.807) is 0 Å². The van der Waals surface area contributed by atoms with Gasteiger partial charge in [-0.15, -0.1) is 0 Å². The predicted molar refractivity (Wildman–Crippen MR) is 59.8 cm³/mol. The Balaban J connectivity index is 1.79. The second-order valence-corrected chi connectivity index (χ2v) is 5.33. The maximum atomic E-state index is 11.6. The molecular weight excluding hydrogens is 204 g/mol. The van der Waals surface area contributed by atoms with Gasteiger partial charge < -0.3 is 9.53 Å². The van der Waals surface area contributed by atoms with Crippen molar-refractivity contribution >= 4 is 12.3 Å². The quantitative estimate of drug-likeness (QED) is 0.546. The van der Waals surface area contributed by atoms with E-state index in [4.69, 9.17) is 4.74 Å². The molecule has 2 rings (SSSR count). The summed E-state index contributed by atoms with van der Waals surface area (Å²) in [4.78, 5) is 22.2. The van der Waals surface area contributed by atoms with Crippen LogP contribution in [0.3, 0.4) is 0 Å². The number of hydrogen-bond donors (Lipinski definition) is 0. The molecule has 0 aliphatic heterocycles. The topological polar surface area (TPSA) is 43.4 Å². The zero-order chi connectivity index (χ0) is 11.6. The Hall–Kier alpha value is -0.860. The molecular formula is C13H20O3. The van der Waals surface area contributed by atoms with E-state index < -0.39 is 0 Å². The molecule has 0 aromatic rings. The van der Waals surface area contributed by atoms with Gasteiger partial charge in [-0.05, 0) is 50.9 Å². The maximum absolute atomic E-state index is 11.6. The van der Waals surface area contributed by atoms with Crippen LogP contribution in [0.15, 0.2) is 0 Å². The number of carbonyl (C=O) groups excluding carboxylic acids is 2. The molecule has 0 unspecified atom stereocenters. The lowest BCUT2D eigenvalue weighted by Gasteiger charge is -2.49. The van der Waals surface area contributed by atoms with Crippen LogP contribution in [0.5, 0.6) is 0 Å². The van der Waals surface area contributed by atoms with Gasteiger partial charge in [-0.25, -0.2) is 0 Å². The van der Waals surface area contributed by atoms with Gasteiger partial charge in [0.25, 0.3) is 0 Å². The lowest BCUT2D eigenvalue weighted by molar-refractivity contribution is -0.151. The Morgan fingerprint density at radius 3 is 2.50 bits per heavy atom. The monoisotopic (exact) mass is 224 g/mol. The van der Waals surface area contributed by atoms with E-state index in [-0.39, 0.29) is 11.9 Å². The fourth-order valence-corrected chi connectivity index (χ4v) is 3.28. The molecule has 0 aromatic carbocycles. The summed E-state index contributed by atoms with van der Waals surface area (Å²) in [5.41, 5.74) is 0.397. The summed E-state index contributed by atoms with van der Waals surface area (Å²) in [6, 6.07) is 0. The van der Waals surface area contributed by atoms with Gasteiger partial charge in [0, 0.05) is 5.92 Å². The molecule has 0 N–H and O–H groups in total. The van der Waals surface area contributed by atoms with Crippen molar-refractivity contribution in [2.24, 2.45) is 17.3 Å². The lowest BCUT2D eigenvalue weighted by Crippen LogP contribution is -2.42. The molecule has 2 aliphatic carbocycles. The van der Waals surface area contributed by atoms with Gasteiger partial charge in [-0.3, -0.25) is 4.79 Å². The minimum atomic E-state index is -0.0244. The molecule has 0 bridgehead atoms. The van der Waals surface area contributed by atoms with Crippen molar-refractivity contribution in [1.29, 1.82) is 0 Å². The van der Waals surface area contributed by atoms with E-state index >= 15 is 0 Å². The van der Waals surface area contributed by atoms with Gasteiger partial charge in [0.15, 0.2) is 0 Å². The Labute approximate surface area is 96.5 Å². The van der Waals surface area contributed by atoms with Crippen molar-refractivity contribution < 1.29 is 14.3 Å². The number of ether oxygens (including phenoxy) is 1. The van der Waals surface area contributed by atoms with E-state index in [0.29, 0.717) is 17.9 Å². The van der Waals surface area contributed by atoms with Crippen molar-refractivity contribution in [3.8, 4) is 0 Å². The number of hydrogen-bond acceptors (Lipinski definition) is 3. The van der Waals surface area contributed by atoms with Gasteiger partial charge >= 0.3 is 5.97 Å². The van der Waals surface area contributed by atoms with Crippen LogP contribution in [0.4, 0.5) is 0 Å². The molecule has 90 valence electrons. The summed E-state index contributed by atoms with van der Waals surface area (Å²) in [6.45, 7) is 2.33. The molecule has 3 nitrogen and oxygen atoms in total. The van der Waals surface area contributed by atoms with Crippen molar-refractivity contribution in [1.82, 2.24) is 0 Å². The Kier molecular flexibility index (Phi) is 3.31. The van der Waals surface area contributed by atoms with E-state index in [1.807, 2.05) is 6.92 Å². The average Bonchev–Trinajstić information content (AvgIpc) is 2.26. The van der Waals surface area contributed by atoms with Gasteiger partial charge in [0.05, 0.1) is 12.5 Å². The van der Waals surface area contributed by atoms with Crippen molar-refractivity contribution in [3.05, 3.63) is 0 Å². The summed E-state index contributed by atoms with van der Waals surface area (Å²) in [7, 11) is 0. The molecule has 16 heavy (non-hydrogen) atoms. The third-order valence-electron chi connectivity index (χ3n) is 4.25. The smallest absolute Gasteiger partial charge is 0.308 e. The van der Waals surface area contributed by atoms with Gasteiger partial charge in [0.1, 0.15) is 6.29 Å². The van der Waals surface area contributed by atoms with Crippen molar-refractivity contribution in [2.75, 3.05) is 6.61 Å². The summed E-state index contributed by atoms with van der Waals surface area (Å²) < 4.78 is 5.05. The maximum Gasteiger partial charge on any atom is 0.308 e. The Morgan fingerprint density at radius 1 is 1.38 bits per heavy atom. The fraction of sp³-hybridized carbons (Fsp3) is 0.846.